The molecule has 130 valence electrons. The van der Waals surface area contributed by atoms with Crippen LogP contribution in [0.15, 0.2) is 42.7 Å². The fourth-order valence-electron chi connectivity index (χ4n) is 2.68. The predicted octanol–water partition coefficient (Wildman–Crippen LogP) is 5.66. The van der Waals surface area contributed by atoms with Gasteiger partial charge in [0.1, 0.15) is 5.76 Å². The van der Waals surface area contributed by atoms with E-state index in [1.165, 1.54) is 0 Å². The van der Waals surface area contributed by atoms with Crippen LogP contribution in [0.2, 0.25) is 18.1 Å². The van der Waals surface area contributed by atoms with E-state index in [0.717, 1.165) is 23.7 Å². The molecule has 23 heavy (non-hydrogen) atoms. The van der Waals surface area contributed by atoms with Crippen molar-refractivity contribution in [2.24, 2.45) is 0 Å². The molecule has 0 saturated carbocycles. The molecule has 0 aliphatic heterocycles. The van der Waals surface area contributed by atoms with Crippen LogP contribution in [0.5, 0.6) is 0 Å². The summed E-state index contributed by atoms with van der Waals surface area (Å²) in [5, 5.41) is 0. The van der Waals surface area contributed by atoms with Crippen molar-refractivity contribution >= 4 is 8.32 Å². The van der Waals surface area contributed by atoms with Gasteiger partial charge in [0.05, 0.1) is 6.10 Å². The lowest BCUT2D eigenvalue weighted by molar-refractivity contribution is -0.222. The van der Waals surface area contributed by atoms with Gasteiger partial charge in [-0.15, -0.1) is 0 Å². The third-order valence-corrected chi connectivity index (χ3v) is 9.38. The second-order valence-corrected chi connectivity index (χ2v) is 10.8. The van der Waals surface area contributed by atoms with Gasteiger partial charge in [-0.3, -0.25) is 0 Å². The van der Waals surface area contributed by atoms with E-state index in [9.17, 15) is 0 Å². The summed E-state index contributed by atoms with van der Waals surface area (Å²) in [6.45, 7) is 14.6. The maximum atomic E-state index is 6.37. The molecule has 0 amide bonds. The summed E-state index contributed by atoms with van der Waals surface area (Å²) in [7, 11) is -0.158. The number of hydrogen-bond acceptors (Lipinski definition) is 3. The van der Waals surface area contributed by atoms with Crippen LogP contribution >= 0.6 is 0 Å². The highest BCUT2D eigenvalue weighted by atomic mass is 28.4. The van der Waals surface area contributed by atoms with Gasteiger partial charge >= 0.3 is 0 Å². The Hall–Kier alpha value is -1.10. The Morgan fingerprint density at radius 3 is 2.09 bits per heavy atom. The van der Waals surface area contributed by atoms with E-state index < -0.39 is 14.1 Å². The zero-order valence-electron chi connectivity index (χ0n) is 15.5. The van der Waals surface area contributed by atoms with Crippen molar-refractivity contribution in [3.05, 3.63) is 48.2 Å². The maximum absolute atomic E-state index is 6.37. The fourth-order valence-corrected chi connectivity index (χ4v) is 5.32. The standard InChI is InChI=1S/C19H32O3Si/c1-8-23(9-2,10-3)22-17(5)19(6,20-7)21-16(4)18-14-12-11-13-15-18/h11-16H,5,8-10H2,1-4,6-7H3. The molecule has 0 saturated heterocycles. The second-order valence-electron chi connectivity index (χ2n) is 6.09. The molecule has 0 aromatic heterocycles. The van der Waals surface area contributed by atoms with E-state index in [1.54, 1.807) is 7.11 Å². The van der Waals surface area contributed by atoms with Crippen molar-refractivity contribution in [1.82, 2.24) is 0 Å². The smallest absolute Gasteiger partial charge is 0.250 e. The lowest BCUT2D eigenvalue weighted by Gasteiger charge is -2.38. The quantitative estimate of drug-likeness (QED) is 0.313. The average Bonchev–Trinajstić information content (AvgIpc) is 2.60. The van der Waals surface area contributed by atoms with Crippen LogP contribution in [-0.2, 0) is 13.9 Å². The first kappa shape index (κ1) is 19.9. The molecule has 0 radical (unpaired) electrons. The molecule has 0 spiro atoms. The number of benzene rings is 1. The summed E-state index contributed by atoms with van der Waals surface area (Å²) in [6, 6.07) is 13.3. The highest BCUT2D eigenvalue weighted by Gasteiger charge is 2.39. The predicted molar refractivity (Wildman–Crippen MR) is 98.8 cm³/mol. The molecule has 2 atom stereocenters. The molecule has 1 aromatic rings. The van der Waals surface area contributed by atoms with Crippen LogP contribution in [0.25, 0.3) is 0 Å². The number of hydrogen-bond donors (Lipinski definition) is 0. The lowest BCUT2D eigenvalue weighted by Crippen LogP contribution is -2.43. The molecular weight excluding hydrogens is 304 g/mol. The fraction of sp³-hybridized carbons (Fsp3) is 0.579. The Morgan fingerprint density at radius 1 is 1.13 bits per heavy atom. The molecule has 2 unspecified atom stereocenters. The first-order chi connectivity index (χ1) is 10.9. The maximum Gasteiger partial charge on any atom is 0.250 e. The normalized spacial score (nSPS) is 15.7. The molecule has 1 aromatic carbocycles. The number of methoxy groups -OCH3 is 1. The van der Waals surface area contributed by atoms with E-state index in [4.69, 9.17) is 13.9 Å². The van der Waals surface area contributed by atoms with Crippen LogP contribution in [-0.4, -0.2) is 21.2 Å². The zero-order valence-corrected chi connectivity index (χ0v) is 16.5. The Balaban J connectivity index is 2.89. The molecule has 3 nitrogen and oxygen atoms in total. The Morgan fingerprint density at radius 2 is 1.65 bits per heavy atom. The minimum Gasteiger partial charge on any atom is -0.543 e. The largest absolute Gasteiger partial charge is 0.543 e. The van der Waals surface area contributed by atoms with Gasteiger partial charge in [-0.1, -0.05) is 57.7 Å². The molecule has 0 heterocycles. The van der Waals surface area contributed by atoms with Gasteiger partial charge in [0.25, 0.3) is 0 Å². The Bertz CT molecular complexity index is 476. The number of rotatable bonds is 10. The van der Waals surface area contributed by atoms with Crippen molar-refractivity contribution in [3.8, 4) is 0 Å². The average molecular weight is 337 g/mol. The van der Waals surface area contributed by atoms with E-state index in [1.807, 2.05) is 44.2 Å². The van der Waals surface area contributed by atoms with Crippen LogP contribution in [0.3, 0.4) is 0 Å². The molecule has 1 rings (SSSR count). The van der Waals surface area contributed by atoms with Gasteiger partial charge < -0.3 is 13.9 Å². The summed E-state index contributed by atoms with van der Waals surface area (Å²) in [5.41, 5.74) is 1.11. The molecule has 0 aliphatic carbocycles. The van der Waals surface area contributed by atoms with Crippen molar-refractivity contribution < 1.29 is 13.9 Å². The topological polar surface area (TPSA) is 27.7 Å². The first-order valence-corrected chi connectivity index (χ1v) is 11.1. The van der Waals surface area contributed by atoms with E-state index >= 15 is 0 Å². The molecule has 0 bridgehead atoms. The van der Waals surface area contributed by atoms with Crippen LogP contribution in [0.4, 0.5) is 0 Å². The van der Waals surface area contributed by atoms with Gasteiger partial charge in [-0.05, 0) is 37.5 Å². The van der Waals surface area contributed by atoms with E-state index in [-0.39, 0.29) is 6.10 Å². The van der Waals surface area contributed by atoms with Crippen LogP contribution < -0.4 is 0 Å². The van der Waals surface area contributed by atoms with Gasteiger partial charge in [-0.2, -0.15) is 0 Å². The monoisotopic (exact) mass is 336 g/mol. The van der Waals surface area contributed by atoms with Gasteiger partial charge in [0.2, 0.25) is 14.1 Å². The molecular formula is C19H32O3Si. The van der Waals surface area contributed by atoms with E-state index in [2.05, 4.69) is 27.4 Å². The van der Waals surface area contributed by atoms with Gasteiger partial charge in [-0.25, -0.2) is 0 Å². The molecule has 0 fully saturated rings. The highest BCUT2D eigenvalue weighted by molar-refractivity contribution is 6.73. The summed E-state index contributed by atoms with van der Waals surface area (Å²) in [4.78, 5) is 0. The highest BCUT2D eigenvalue weighted by Crippen LogP contribution is 2.34. The Labute approximate surface area is 142 Å². The van der Waals surface area contributed by atoms with Gasteiger partial charge in [0.15, 0.2) is 0 Å². The minimum atomic E-state index is -1.80. The van der Waals surface area contributed by atoms with E-state index in [0.29, 0.717) is 5.76 Å². The van der Waals surface area contributed by atoms with Crippen molar-refractivity contribution in [3.63, 3.8) is 0 Å². The second kappa shape index (κ2) is 8.67. The van der Waals surface area contributed by atoms with Crippen LogP contribution in [0, 0.1) is 0 Å². The van der Waals surface area contributed by atoms with Crippen molar-refractivity contribution in [2.75, 3.05) is 7.11 Å². The molecule has 0 aliphatic rings. The third-order valence-electron chi connectivity index (χ3n) is 4.84. The summed E-state index contributed by atoms with van der Waals surface area (Å²) >= 11 is 0. The zero-order chi connectivity index (χ0) is 17.5. The Kier molecular flexibility index (Phi) is 7.51. The SMILES string of the molecule is C=C(O[Si](CC)(CC)CC)C(C)(OC)OC(C)c1ccccc1. The lowest BCUT2D eigenvalue weighted by atomic mass is 10.1. The molecule has 0 N–H and O–H groups in total. The van der Waals surface area contributed by atoms with Crippen molar-refractivity contribution in [2.45, 2.75) is 64.6 Å². The van der Waals surface area contributed by atoms with Crippen molar-refractivity contribution in [1.29, 1.82) is 0 Å². The minimum absolute atomic E-state index is 0.109. The summed E-state index contributed by atoms with van der Waals surface area (Å²) < 4.78 is 18.2. The third kappa shape index (κ3) is 4.93. The molecule has 4 heteroatoms. The van der Waals surface area contributed by atoms with Crippen LogP contribution in [0.1, 0.15) is 46.3 Å². The summed E-state index contributed by atoms with van der Waals surface area (Å²) in [6.07, 6.45) is -0.109. The summed E-state index contributed by atoms with van der Waals surface area (Å²) in [5.74, 6) is -0.368. The van der Waals surface area contributed by atoms with Gasteiger partial charge in [0, 0.05) is 7.11 Å². The first-order valence-electron chi connectivity index (χ1n) is 8.52. The number of ether oxygens (including phenoxy) is 2.